The molecule has 0 aliphatic carbocycles. The Hall–Kier alpha value is -2.31. The second kappa shape index (κ2) is 8.18. The molecule has 0 atom stereocenters. The van der Waals surface area contributed by atoms with Gasteiger partial charge in [-0.05, 0) is 37.3 Å². The van der Waals surface area contributed by atoms with Crippen LogP contribution in [0.5, 0.6) is 0 Å². The van der Waals surface area contributed by atoms with E-state index in [1.807, 2.05) is 23.2 Å². The van der Waals surface area contributed by atoms with Gasteiger partial charge in [0.1, 0.15) is 5.82 Å². The molecule has 7 heteroatoms. The number of rotatable bonds is 4. The first-order valence-electron chi connectivity index (χ1n) is 9.11. The largest absolute Gasteiger partial charge is 0.357 e. The lowest BCUT2D eigenvalue weighted by molar-refractivity contribution is -0.129. The van der Waals surface area contributed by atoms with Crippen molar-refractivity contribution in [3.8, 4) is 0 Å². The number of piperidine rings is 1. The van der Waals surface area contributed by atoms with Crippen molar-refractivity contribution in [1.29, 1.82) is 0 Å². The summed E-state index contributed by atoms with van der Waals surface area (Å²) in [5.74, 6) is 1.12. The van der Waals surface area contributed by atoms with Gasteiger partial charge in [-0.2, -0.15) is 0 Å². The van der Waals surface area contributed by atoms with Gasteiger partial charge < -0.3 is 20.4 Å². The highest BCUT2D eigenvalue weighted by molar-refractivity contribution is 5.75. The summed E-state index contributed by atoms with van der Waals surface area (Å²) in [5.41, 5.74) is 0.990. The molecule has 1 aromatic rings. The number of likely N-dealkylation sites (tertiary alicyclic amines) is 1. The summed E-state index contributed by atoms with van der Waals surface area (Å²) in [4.78, 5) is 32.0. The summed E-state index contributed by atoms with van der Waals surface area (Å²) in [5, 5.41) is 5.87. The number of carbonyl (C=O) groups is 2. The maximum atomic E-state index is 12.0. The standard InChI is InChI=1S/C18H27N5O2/c1-14(24)22-10-6-16(7-11-22)21-18(25)20-13-15-4-5-17(19-12-15)23-8-2-3-9-23/h4-5,12,16H,2-3,6-11,13H2,1H3,(H2,20,21,25). The molecule has 0 radical (unpaired) electrons. The fourth-order valence-electron chi connectivity index (χ4n) is 3.41. The predicted octanol–water partition coefficient (Wildman–Crippen LogP) is 1.49. The average molecular weight is 345 g/mol. The van der Waals surface area contributed by atoms with Crippen LogP contribution in [0.4, 0.5) is 10.6 Å². The van der Waals surface area contributed by atoms with Crippen molar-refractivity contribution in [3.05, 3.63) is 23.9 Å². The minimum Gasteiger partial charge on any atom is -0.357 e. The Morgan fingerprint density at radius 3 is 2.48 bits per heavy atom. The molecule has 3 amide bonds. The number of amides is 3. The molecule has 136 valence electrons. The molecule has 3 heterocycles. The van der Waals surface area contributed by atoms with Crippen molar-refractivity contribution >= 4 is 17.8 Å². The minimum atomic E-state index is -0.162. The summed E-state index contributed by atoms with van der Waals surface area (Å²) in [6.07, 6.45) is 5.91. The van der Waals surface area contributed by atoms with Crippen molar-refractivity contribution in [1.82, 2.24) is 20.5 Å². The molecule has 0 aromatic carbocycles. The first-order chi connectivity index (χ1) is 12.1. The Bertz CT molecular complexity index is 590. The van der Waals surface area contributed by atoms with Crippen molar-refractivity contribution in [2.75, 3.05) is 31.1 Å². The van der Waals surface area contributed by atoms with Gasteiger partial charge >= 0.3 is 6.03 Å². The van der Waals surface area contributed by atoms with Crippen LogP contribution in [0, 0.1) is 0 Å². The lowest BCUT2D eigenvalue weighted by atomic mass is 10.1. The molecule has 7 nitrogen and oxygen atoms in total. The van der Waals surface area contributed by atoms with E-state index in [1.165, 1.54) is 12.8 Å². The van der Waals surface area contributed by atoms with Crippen LogP contribution >= 0.6 is 0 Å². The molecule has 2 saturated heterocycles. The number of aromatic nitrogens is 1. The Morgan fingerprint density at radius 2 is 1.88 bits per heavy atom. The Kier molecular flexibility index (Phi) is 5.73. The third-order valence-corrected chi connectivity index (χ3v) is 4.97. The van der Waals surface area contributed by atoms with Gasteiger partial charge in [-0.1, -0.05) is 6.07 Å². The molecule has 0 unspecified atom stereocenters. The molecule has 2 fully saturated rings. The quantitative estimate of drug-likeness (QED) is 0.867. The van der Waals surface area contributed by atoms with E-state index in [0.29, 0.717) is 19.6 Å². The summed E-state index contributed by atoms with van der Waals surface area (Å²) in [7, 11) is 0. The number of urea groups is 1. The maximum Gasteiger partial charge on any atom is 0.315 e. The van der Waals surface area contributed by atoms with E-state index in [9.17, 15) is 9.59 Å². The molecule has 3 rings (SSSR count). The predicted molar refractivity (Wildman–Crippen MR) is 96.3 cm³/mol. The third-order valence-electron chi connectivity index (χ3n) is 4.97. The molecular formula is C18H27N5O2. The lowest BCUT2D eigenvalue weighted by Gasteiger charge is -2.31. The van der Waals surface area contributed by atoms with Crippen LogP contribution in [0.15, 0.2) is 18.3 Å². The van der Waals surface area contributed by atoms with Gasteiger partial charge in [0.2, 0.25) is 5.91 Å². The average Bonchev–Trinajstić information content (AvgIpc) is 3.15. The smallest absolute Gasteiger partial charge is 0.315 e. The zero-order valence-corrected chi connectivity index (χ0v) is 14.8. The van der Waals surface area contributed by atoms with Crippen LogP contribution in [0.3, 0.4) is 0 Å². The molecule has 25 heavy (non-hydrogen) atoms. The van der Waals surface area contributed by atoms with Crippen LogP contribution < -0.4 is 15.5 Å². The summed E-state index contributed by atoms with van der Waals surface area (Å²) < 4.78 is 0. The zero-order chi connectivity index (χ0) is 17.6. The van der Waals surface area contributed by atoms with E-state index in [1.54, 1.807) is 6.92 Å². The van der Waals surface area contributed by atoms with Crippen LogP contribution in [-0.4, -0.2) is 54.0 Å². The lowest BCUT2D eigenvalue weighted by Crippen LogP contribution is -2.48. The Labute approximate surface area is 148 Å². The second-order valence-electron chi connectivity index (χ2n) is 6.83. The number of hydrogen-bond acceptors (Lipinski definition) is 4. The highest BCUT2D eigenvalue weighted by Gasteiger charge is 2.21. The summed E-state index contributed by atoms with van der Waals surface area (Å²) in [6.45, 7) is 5.63. The minimum absolute atomic E-state index is 0.104. The summed E-state index contributed by atoms with van der Waals surface area (Å²) in [6, 6.07) is 4.01. The van der Waals surface area contributed by atoms with E-state index in [0.717, 1.165) is 37.3 Å². The highest BCUT2D eigenvalue weighted by Crippen LogP contribution is 2.17. The second-order valence-corrected chi connectivity index (χ2v) is 6.83. The Balaban J connectivity index is 1.39. The van der Waals surface area contributed by atoms with Gasteiger partial charge in [-0.3, -0.25) is 4.79 Å². The van der Waals surface area contributed by atoms with E-state index < -0.39 is 0 Å². The molecule has 0 spiro atoms. The number of anilines is 1. The number of hydrogen-bond donors (Lipinski definition) is 2. The number of nitrogens with one attached hydrogen (secondary N) is 2. The van der Waals surface area contributed by atoms with Gasteiger partial charge in [-0.15, -0.1) is 0 Å². The van der Waals surface area contributed by atoms with Crippen LogP contribution in [0.1, 0.15) is 38.2 Å². The topological polar surface area (TPSA) is 77.6 Å². The van der Waals surface area contributed by atoms with Crippen LogP contribution in [0.25, 0.3) is 0 Å². The van der Waals surface area contributed by atoms with Crippen molar-refractivity contribution < 1.29 is 9.59 Å². The van der Waals surface area contributed by atoms with E-state index in [2.05, 4.69) is 20.5 Å². The van der Waals surface area contributed by atoms with E-state index in [-0.39, 0.29) is 18.0 Å². The molecule has 0 bridgehead atoms. The van der Waals surface area contributed by atoms with Gasteiger partial charge in [0.05, 0.1) is 0 Å². The molecule has 0 saturated carbocycles. The molecule has 2 N–H and O–H groups in total. The normalized spacial score (nSPS) is 18.3. The van der Waals surface area contributed by atoms with E-state index >= 15 is 0 Å². The van der Waals surface area contributed by atoms with Crippen LogP contribution in [0.2, 0.25) is 0 Å². The number of carbonyl (C=O) groups excluding carboxylic acids is 2. The first kappa shape index (κ1) is 17.5. The van der Waals surface area contributed by atoms with Gasteiger partial charge in [0, 0.05) is 51.9 Å². The first-order valence-corrected chi connectivity index (χ1v) is 9.11. The number of nitrogens with zero attached hydrogens (tertiary/aromatic N) is 3. The van der Waals surface area contributed by atoms with Crippen molar-refractivity contribution in [2.24, 2.45) is 0 Å². The summed E-state index contributed by atoms with van der Waals surface area (Å²) >= 11 is 0. The highest BCUT2D eigenvalue weighted by atomic mass is 16.2. The molecule has 2 aliphatic heterocycles. The van der Waals surface area contributed by atoms with Gasteiger partial charge in [0.25, 0.3) is 0 Å². The van der Waals surface area contributed by atoms with Crippen molar-refractivity contribution in [3.63, 3.8) is 0 Å². The molecule has 2 aliphatic rings. The SMILES string of the molecule is CC(=O)N1CCC(NC(=O)NCc2ccc(N3CCCC3)nc2)CC1. The van der Waals surface area contributed by atoms with E-state index in [4.69, 9.17) is 0 Å². The fraction of sp³-hybridized carbons (Fsp3) is 0.611. The molecule has 1 aromatic heterocycles. The maximum absolute atomic E-state index is 12.0. The zero-order valence-electron chi connectivity index (χ0n) is 14.8. The number of pyridine rings is 1. The molecular weight excluding hydrogens is 318 g/mol. The third kappa shape index (κ3) is 4.84. The van der Waals surface area contributed by atoms with Gasteiger partial charge in [0.15, 0.2) is 0 Å². The Morgan fingerprint density at radius 1 is 1.16 bits per heavy atom. The monoisotopic (exact) mass is 345 g/mol. The van der Waals surface area contributed by atoms with Crippen molar-refractivity contribution in [2.45, 2.75) is 45.2 Å². The van der Waals surface area contributed by atoms with Crippen LogP contribution in [-0.2, 0) is 11.3 Å². The van der Waals surface area contributed by atoms with Gasteiger partial charge in [-0.25, -0.2) is 9.78 Å². The fourth-order valence-corrected chi connectivity index (χ4v) is 3.41.